The number of hydrogen-bond donors (Lipinski definition) is 2. The van der Waals surface area contributed by atoms with Crippen LogP contribution in [0.5, 0.6) is 0 Å². The van der Waals surface area contributed by atoms with Crippen molar-refractivity contribution in [2.45, 2.75) is 25.2 Å². The standard InChI is InChI=1S/C23H21F2N5O5/c1-35-23(34)14-6-4-7-15(19(14)25)27-22(33)17-9-12(24)10-29(17)18(31)11-30-16-8-3-2-5-13(16)20(28-30)21(26)32/h2-8,12,17H,9-11H2,1H3,(H2,26,32)(H,27,33)/t12-,17+/m1/s1. The molecular weight excluding hydrogens is 464 g/mol. The van der Waals surface area contributed by atoms with Crippen LogP contribution in [0.3, 0.4) is 0 Å². The summed E-state index contributed by atoms with van der Waals surface area (Å²) in [5, 5.41) is 6.88. The lowest BCUT2D eigenvalue weighted by Gasteiger charge is -2.24. The van der Waals surface area contributed by atoms with Crippen molar-refractivity contribution in [1.29, 1.82) is 0 Å². The van der Waals surface area contributed by atoms with E-state index in [2.05, 4.69) is 15.2 Å². The van der Waals surface area contributed by atoms with Crippen LogP contribution in [-0.2, 0) is 20.9 Å². The Morgan fingerprint density at radius 3 is 2.63 bits per heavy atom. The van der Waals surface area contributed by atoms with Gasteiger partial charge in [-0.05, 0) is 18.2 Å². The number of likely N-dealkylation sites (tertiary alicyclic amines) is 1. The summed E-state index contributed by atoms with van der Waals surface area (Å²) in [5.74, 6) is -4.16. The Bertz CT molecular complexity index is 1340. The first-order chi connectivity index (χ1) is 16.7. The van der Waals surface area contributed by atoms with Crippen molar-refractivity contribution < 1.29 is 32.7 Å². The van der Waals surface area contributed by atoms with Crippen LogP contribution in [0.2, 0.25) is 0 Å². The van der Waals surface area contributed by atoms with Gasteiger partial charge in [0.15, 0.2) is 11.5 Å². The summed E-state index contributed by atoms with van der Waals surface area (Å²) in [7, 11) is 1.09. The molecule has 1 fully saturated rings. The molecule has 1 saturated heterocycles. The lowest BCUT2D eigenvalue weighted by atomic mass is 10.1. The minimum atomic E-state index is -1.48. The normalized spacial score (nSPS) is 17.4. The second kappa shape index (κ2) is 9.49. The molecule has 0 aliphatic carbocycles. The average molecular weight is 485 g/mol. The summed E-state index contributed by atoms with van der Waals surface area (Å²) in [6, 6.07) is 9.19. The van der Waals surface area contributed by atoms with Crippen LogP contribution >= 0.6 is 0 Å². The molecule has 3 aromatic rings. The highest BCUT2D eigenvalue weighted by molar-refractivity contribution is 6.04. The number of benzene rings is 2. The highest BCUT2D eigenvalue weighted by Gasteiger charge is 2.40. The van der Waals surface area contributed by atoms with E-state index in [-0.39, 0.29) is 36.5 Å². The Hall–Kier alpha value is -4.35. The largest absolute Gasteiger partial charge is 0.465 e. The zero-order valence-corrected chi connectivity index (χ0v) is 18.5. The fraction of sp³-hybridized carbons (Fsp3) is 0.261. The number of nitrogens with one attached hydrogen (secondary N) is 1. The zero-order chi connectivity index (χ0) is 25.3. The molecule has 3 amide bonds. The average Bonchev–Trinajstić information content (AvgIpc) is 3.41. The van der Waals surface area contributed by atoms with Crippen LogP contribution < -0.4 is 11.1 Å². The number of carbonyl (C=O) groups excluding carboxylic acids is 4. The second-order valence-electron chi connectivity index (χ2n) is 7.93. The van der Waals surface area contributed by atoms with Crippen LogP contribution in [0.15, 0.2) is 42.5 Å². The molecule has 0 unspecified atom stereocenters. The Morgan fingerprint density at radius 1 is 1.17 bits per heavy atom. The number of halogens is 2. The highest BCUT2D eigenvalue weighted by Crippen LogP contribution is 2.25. The SMILES string of the molecule is COC(=O)c1cccc(NC(=O)[C@@H]2C[C@@H](F)CN2C(=O)Cn2nc(C(N)=O)c3ccccc32)c1F. The fourth-order valence-corrected chi connectivity index (χ4v) is 4.07. The van der Waals surface area contributed by atoms with Gasteiger partial charge in [0.25, 0.3) is 5.91 Å². The van der Waals surface area contributed by atoms with Crippen molar-refractivity contribution in [3.05, 3.63) is 59.5 Å². The van der Waals surface area contributed by atoms with Gasteiger partial charge in [0.1, 0.15) is 18.8 Å². The van der Waals surface area contributed by atoms with Crippen LogP contribution in [0.25, 0.3) is 10.9 Å². The third-order valence-corrected chi connectivity index (χ3v) is 5.71. The number of aromatic nitrogens is 2. The summed E-state index contributed by atoms with van der Waals surface area (Å²) >= 11 is 0. The first-order valence-corrected chi connectivity index (χ1v) is 10.6. The molecule has 0 spiro atoms. The maximum absolute atomic E-state index is 14.7. The maximum atomic E-state index is 14.7. The van der Waals surface area contributed by atoms with Crippen LogP contribution in [0.4, 0.5) is 14.5 Å². The van der Waals surface area contributed by atoms with E-state index >= 15 is 0 Å². The maximum Gasteiger partial charge on any atom is 0.340 e. The number of hydrogen-bond acceptors (Lipinski definition) is 6. The first kappa shape index (κ1) is 23.8. The first-order valence-electron chi connectivity index (χ1n) is 10.6. The molecule has 35 heavy (non-hydrogen) atoms. The molecule has 10 nitrogen and oxygen atoms in total. The third kappa shape index (κ3) is 4.54. The predicted octanol–water partition coefficient (Wildman–Crippen LogP) is 1.64. The molecule has 12 heteroatoms. The Balaban J connectivity index is 1.56. The molecule has 0 saturated carbocycles. The highest BCUT2D eigenvalue weighted by atomic mass is 19.1. The van der Waals surface area contributed by atoms with Gasteiger partial charge in [0, 0.05) is 11.8 Å². The molecule has 1 aromatic heterocycles. The number of carbonyl (C=O) groups is 4. The van der Waals surface area contributed by atoms with E-state index in [0.29, 0.717) is 10.9 Å². The Labute approximate surface area is 197 Å². The fourth-order valence-electron chi connectivity index (χ4n) is 4.07. The van der Waals surface area contributed by atoms with Crippen molar-refractivity contribution in [2.24, 2.45) is 5.73 Å². The number of rotatable bonds is 6. The van der Waals surface area contributed by atoms with Crippen LogP contribution in [-0.4, -0.2) is 64.2 Å². The van der Waals surface area contributed by atoms with E-state index in [4.69, 9.17) is 5.73 Å². The molecule has 182 valence electrons. The Morgan fingerprint density at radius 2 is 1.91 bits per heavy atom. The predicted molar refractivity (Wildman–Crippen MR) is 120 cm³/mol. The van der Waals surface area contributed by atoms with Gasteiger partial charge in [-0.1, -0.05) is 24.3 Å². The summed E-state index contributed by atoms with van der Waals surface area (Å²) in [6.07, 6.45) is -1.76. The molecule has 2 heterocycles. The summed E-state index contributed by atoms with van der Waals surface area (Å²) < 4.78 is 34.7. The Kier molecular flexibility index (Phi) is 6.45. The number of primary amides is 1. The summed E-state index contributed by atoms with van der Waals surface area (Å²) in [4.78, 5) is 50.4. The minimum absolute atomic E-state index is 0.0200. The molecule has 3 N–H and O–H groups in total. The number of ether oxygens (including phenoxy) is 1. The lowest BCUT2D eigenvalue weighted by molar-refractivity contribution is -0.137. The van der Waals surface area contributed by atoms with E-state index in [9.17, 15) is 28.0 Å². The number of methoxy groups -OCH3 is 1. The van der Waals surface area contributed by atoms with Crippen molar-refractivity contribution in [3.8, 4) is 0 Å². The third-order valence-electron chi connectivity index (χ3n) is 5.71. The van der Waals surface area contributed by atoms with Crippen LogP contribution in [0.1, 0.15) is 27.3 Å². The molecule has 2 aromatic carbocycles. The molecule has 0 bridgehead atoms. The molecule has 1 aliphatic heterocycles. The van der Waals surface area contributed by atoms with Gasteiger partial charge in [0.2, 0.25) is 11.8 Å². The topological polar surface area (TPSA) is 137 Å². The smallest absolute Gasteiger partial charge is 0.340 e. The van der Waals surface area contributed by atoms with Crippen molar-refractivity contribution >= 4 is 40.3 Å². The van der Waals surface area contributed by atoms with Gasteiger partial charge in [-0.15, -0.1) is 0 Å². The molecule has 4 rings (SSSR count). The van der Waals surface area contributed by atoms with Gasteiger partial charge in [-0.2, -0.15) is 5.10 Å². The van der Waals surface area contributed by atoms with Gasteiger partial charge < -0.3 is 20.7 Å². The number of nitrogens with zero attached hydrogens (tertiary/aromatic N) is 3. The van der Waals surface area contributed by atoms with Crippen molar-refractivity contribution in [2.75, 3.05) is 19.0 Å². The van der Waals surface area contributed by atoms with Gasteiger partial charge >= 0.3 is 5.97 Å². The number of nitrogens with two attached hydrogens (primary N) is 1. The molecular formula is C23H21F2N5O5. The van der Waals surface area contributed by atoms with Gasteiger partial charge in [-0.3, -0.25) is 19.1 Å². The van der Waals surface area contributed by atoms with Gasteiger partial charge in [-0.25, -0.2) is 13.6 Å². The van der Waals surface area contributed by atoms with E-state index in [1.807, 2.05) is 0 Å². The lowest BCUT2D eigenvalue weighted by Crippen LogP contribution is -2.44. The van der Waals surface area contributed by atoms with E-state index < -0.39 is 41.7 Å². The minimum Gasteiger partial charge on any atom is -0.465 e. The molecule has 2 atom stereocenters. The van der Waals surface area contributed by atoms with E-state index in [0.717, 1.165) is 12.0 Å². The number of esters is 1. The van der Waals surface area contributed by atoms with Crippen LogP contribution in [0, 0.1) is 5.82 Å². The van der Waals surface area contributed by atoms with Crippen molar-refractivity contribution in [1.82, 2.24) is 14.7 Å². The van der Waals surface area contributed by atoms with E-state index in [1.165, 1.54) is 22.9 Å². The van der Waals surface area contributed by atoms with E-state index in [1.54, 1.807) is 24.3 Å². The summed E-state index contributed by atoms with van der Waals surface area (Å²) in [6.45, 7) is -0.722. The van der Waals surface area contributed by atoms with Crippen molar-refractivity contribution in [3.63, 3.8) is 0 Å². The monoisotopic (exact) mass is 485 g/mol. The molecule has 0 radical (unpaired) electrons. The number of para-hydroxylation sites is 1. The number of fused-ring (bicyclic) bond motifs is 1. The van der Waals surface area contributed by atoms with Gasteiger partial charge in [0.05, 0.1) is 30.4 Å². The summed E-state index contributed by atoms with van der Waals surface area (Å²) in [5.41, 5.74) is 5.13. The second-order valence-corrected chi connectivity index (χ2v) is 7.93. The number of amides is 3. The molecule has 1 aliphatic rings. The number of alkyl halides is 1. The zero-order valence-electron chi connectivity index (χ0n) is 18.5. The number of anilines is 1. The quantitative estimate of drug-likeness (QED) is 0.510.